The van der Waals surface area contributed by atoms with Crippen LogP contribution in [0.5, 0.6) is 0 Å². The highest BCUT2D eigenvalue weighted by Crippen LogP contribution is 2.21. The first-order valence-corrected chi connectivity index (χ1v) is 6.06. The van der Waals surface area contributed by atoms with Gasteiger partial charge in [-0.2, -0.15) is 0 Å². The van der Waals surface area contributed by atoms with E-state index in [1.165, 1.54) is 0 Å². The van der Waals surface area contributed by atoms with Gasteiger partial charge in [-0.25, -0.2) is 4.68 Å². The molecule has 2 rings (SSSR count). The van der Waals surface area contributed by atoms with Gasteiger partial charge in [0, 0.05) is 13.2 Å². The van der Waals surface area contributed by atoms with Gasteiger partial charge in [0.2, 0.25) is 0 Å². The van der Waals surface area contributed by atoms with E-state index in [0.717, 1.165) is 44.6 Å². The normalized spacial score (nSPS) is 19.9. The van der Waals surface area contributed by atoms with Crippen LogP contribution < -0.4 is 5.73 Å². The molecule has 0 saturated carbocycles. The van der Waals surface area contributed by atoms with Gasteiger partial charge < -0.3 is 10.5 Å². The number of nitrogens with zero attached hydrogens (tertiary/aromatic N) is 3. The quantitative estimate of drug-likeness (QED) is 0.840. The van der Waals surface area contributed by atoms with Crippen LogP contribution in [0.25, 0.3) is 0 Å². The fraction of sp³-hybridized carbons (Fsp3) is 0.818. The van der Waals surface area contributed by atoms with Gasteiger partial charge in [-0.3, -0.25) is 0 Å². The van der Waals surface area contributed by atoms with Gasteiger partial charge >= 0.3 is 0 Å². The monoisotopic (exact) mass is 224 g/mol. The molecular formula is C11H20N4O. The minimum atomic E-state index is 0.0265. The molecule has 0 radical (unpaired) electrons. The Bertz CT molecular complexity index is 320. The van der Waals surface area contributed by atoms with Gasteiger partial charge in [-0.05, 0) is 19.3 Å². The third-order valence-electron chi connectivity index (χ3n) is 3.07. The van der Waals surface area contributed by atoms with Crippen molar-refractivity contribution < 1.29 is 4.74 Å². The molecule has 2 N–H and O–H groups in total. The maximum Gasteiger partial charge on any atom is 0.0994 e. The van der Waals surface area contributed by atoms with E-state index in [9.17, 15) is 0 Å². The first kappa shape index (κ1) is 11.5. The van der Waals surface area contributed by atoms with Crippen LogP contribution in [0.15, 0.2) is 6.20 Å². The van der Waals surface area contributed by atoms with Crippen LogP contribution in [0.2, 0.25) is 0 Å². The smallest absolute Gasteiger partial charge is 0.0994 e. The van der Waals surface area contributed by atoms with E-state index >= 15 is 0 Å². The minimum absolute atomic E-state index is 0.0265. The highest BCUT2D eigenvalue weighted by molar-refractivity contribution is 5.00. The standard InChI is InChI=1S/C11H20N4O/c1-2-3-10(12)11-8-15(14-13-11)9-4-6-16-7-5-9/h8-10H,2-7,12H2,1H3. The Kier molecular flexibility index (Phi) is 3.90. The van der Waals surface area contributed by atoms with Crippen LogP contribution >= 0.6 is 0 Å². The van der Waals surface area contributed by atoms with E-state index in [2.05, 4.69) is 17.2 Å². The number of nitrogens with two attached hydrogens (primary N) is 1. The van der Waals surface area contributed by atoms with E-state index in [-0.39, 0.29) is 6.04 Å². The largest absolute Gasteiger partial charge is 0.381 e. The number of hydrogen-bond acceptors (Lipinski definition) is 4. The summed E-state index contributed by atoms with van der Waals surface area (Å²) in [5, 5.41) is 8.33. The zero-order chi connectivity index (χ0) is 11.4. The van der Waals surface area contributed by atoms with Crippen molar-refractivity contribution >= 4 is 0 Å². The van der Waals surface area contributed by atoms with Crippen molar-refractivity contribution in [2.75, 3.05) is 13.2 Å². The zero-order valence-corrected chi connectivity index (χ0v) is 9.80. The van der Waals surface area contributed by atoms with Gasteiger partial charge in [0.15, 0.2) is 0 Å². The Morgan fingerprint density at radius 3 is 3.00 bits per heavy atom. The number of aromatic nitrogens is 3. The number of ether oxygens (including phenoxy) is 1. The summed E-state index contributed by atoms with van der Waals surface area (Å²) in [6.45, 7) is 3.77. The Labute approximate surface area is 96.0 Å². The second-order valence-corrected chi connectivity index (χ2v) is 4.36. The van der Waals surface area contributed by atoms with Crippen LogP contribution in [-0.2, 0) is 4.74 Å². The minimum Gasteiger partial charge on any atom is -0.381 e. The van der Waals surface area contributed by atoms with Crippen LogP contribution in [0.4, 0.5) is 0 Å². The third kappa shape index (κ3) is 2.59. The Balaban J connectivity index is 2.00. The summed E-state index contributed by atoms with van der Waals surface area (Å²) in [5.74, 6) is 0. The maximum atomic E-state index is 6.01. The fourth-order valence-corrected chi connectivity index (χ4v) is 2.05. The number of hydrogen-bond donors (Lipinski definition) is 1. The molecule has 5 heteroatoms. The molecule has 1 fully saturated rings. The van der Waals surface area contributed by atoms with E-state index in [1.807, 2.05) is 10.9 Å². The summed E-state index contributed by atoms with van der Waals surface area (Å²) in [6.07, 6.45) is 6.08. The van der Waals surface area contributed by atoms with Gasteiger partial charge in [0.05, 0.1) is 24.0 Å². The lowest BCUT2D eigenvalue weighted by Gasteiger charge is -2.21. The zero-order valence-electron chi connectivity index (χ0n) is 9.80. The van der Waals surface area contributed by atoms with Crippen molar-refractivity contribution in [2.24, 2.45) is 5.73 Å². The summed E-state index contributed by atoms with van der Waals surface area (Å²) in [6, 6.07) is 0.461. The predicted molar refractivity (Wildman–Crippen MR) is 60.9 cm³/mol. The van der Waals surface area contributed by atoms with Crippen molar-refractivity contribution in [3.63, 3.8) is 0 Å². The molecule has 0 spiro atoms. The molecule has 0 bridgehead atoms. The van der Waals surface area contributed by atoms with E-state index in [1.54, 1.807) is 0 Å². The van der Waals surface area contributed by atoms with Gasteiger partial charge in [0.25, 0.3) is 0 Å². The van der Waals surface area contributed by atoms with Crippen molar-refractivity contribution in [3.8, 4) is 0 Å². The molecular weight excluding hydrogens is 204 g/mol. The molecule has 90 valence electrons. The summed E-state index contributed by atoms with van der Waals surface area (Å²) < 4.78 is 7.28. The second kappa shape index (κ2) is 5.41. The molecule has 0 aromatic carbocycles. The molecule has 2 heterocycles. The Morgan fingerprint density at radius 2 is 2.31 bits per heavy atom. The molecule has 1 saturated heterocycles. The topological polar surface area (TPSA) is 66.0 Å². The molecule has 1 aliphatic rings. The lowest BCUT2D eigenvalue weighted by atomic mass is 10.1. The van der Waals surface area contributed by atoms with Crippen molar-refractivity contribution in [1.82, 2.24) is 15.0 Å². The molecule has 1 aromatic rings. The van der Waals surface area contributed by atoms with Gasteiger partial charge in [0.1, 0.15) is 0 Å². The lowest BCUT2D eigenvalue weighted by Crippen LogP contribution is -2.20. The molecule has 5 nitrogen and oxygen atoms in total. The molecule has 1 aliphatic heterocycles. The first-order chi connectivity index (χ1) is 7.81. The lowest BCUT2D eigenvalue weighted by molar-refractivity contribution is 0.0657. The van der Waals surface area contributed by atoms with Crippen LogP contribution in [0.1, 0.15) is 50.4 Å². The predicted octanol–water partition coefficient (Wildman–Crippen LogP) is 1.43. The summed E-state index contributed by atoms with van der Waals surface area (Å²) >= 11 is 0. The van der Waals surface area contributed by atoms with Crippen molar-refractivity contribution in [3.05, 3.63) is 11.9 Å². The van der Waals surface area contributed by atoms with E-state index in [4.69, 9.17) is 10.5 Å². The van der Waals surface area contributed by atoms with Crippen molar-refractivity contribution in [1.29, 1.82) is 0 Å². The molecule has 0 amide bonds. The van der Waals surface area contributed by atoms with Gasteiger partial charge in [-0.15, -0.1) is 5.10 Å². The van der Waals surface area contributed by atoms with E-state index in [0.29, 0.717) is 6.04 Å². The van der Waals surface area contributed by atoms with Crippen LogP contribution in [0, 0.1) is 0 Å². The van der Waals surface area contributed by atoms with E-state index < -0.39 is 0 Å². The third-order valence-corrected chi connectivity index (χ3v) is 3.07. The summed E-state index contributed by atoms with van der Waals surface area (Å²) in [4.78, 5) is 0. The first-order valence-electron chi connectivity index (χ1n) is 6.06. The summed E-state index contributed by atoms with van der Waals surface area (Å²) in [5.41, 5.74) is 6.92. The Morgan fingerprint density at radius 1 is 1.56 bits per heavy atom. The average Bonchev–Trinajstić information content (AvgIpc) is 2.80. The highest BCUT2D eigenvalue weighted by Gasteiger charge is 2.18. The van der Waals surface area contributed by atoms with Crippen LogP contribution in [-0.4, -0.2) is 28.2 Å². The van der Waals surface area contributed by atoms with Gasteiger partial charge in [-0.1, -0.05) is 18.6 Å². The second-order valence-electron chi connectivity index (χ2n) is 4.36. The van der Waals surface area contributed by atoms with Crippen molar-refractivity contribution in [2.45, 2.75) is 44.7 Å². The molecule has 1 unspecified atom stereocenters. The summed E-state index contributed by atoms with van der Waals surface area (Å²) in [7, 11) is 0. The number of rotatable bonds is 4. The van der Waals surface area contributed by atoms with Crippen LogP contribution in [0.3, 0.4) is 0 Å². The molecule has 1 aromatic heterocycles. The molecule has 0 aliphatic carbocycles. The highest BCUT2D eigenvalue weighted by atomic mass is 16.5. The maximum absolute atomic E-state index is 6.01. The average molecular weight is 224 g/mol. The SMILES string of the molecule is CCCC(N)c1cn(C2CCOCC2)nn1. The molecule has 16 heavy (non-hydrogen) atoms. The Hall–Kier alpha value is -0.940. The molecule has 1 atom stereocenters. The fourth-order valence-electron chi connectivity index (χ4n) is 2.05.